The second-order valence-corrected chi connectivity index (χ2v) is 4.11. The Bertz CT molecular complexity index is 382. The van der Waals surface area contributed by atoms with Crippen LogP contribution in [0.4, 0.5) is 5.69 Å². The Balaban J connectivity index is 2.52. The summed E-state index contributed by atoms with van der Waals surface area (Å²) in [6.45, 7) is 2.92. The molecule has 0 unspecified atom stereocenters. The molecule has 1 aromatic rings. The van der Waals surface area contributed by atoms with Crippen molar-refractivity contribution in [3.63, 3.8) is 0 Å². The van der Waals surface area contributed by atoms with Gasteiger partial charge >= 0.3 is 0 Å². The van der Waals surface area contributed by atoms with Gasteiger partial charge in [0, 0.05) is 25.4 Å². The van der Waals surface area contributed by atoms with Crippen molar-refractivity contribution in [2.24, 2.45) is 0 Å². The van der Waals surface area contributed by atoms with E-state index in [2.05, 4.69) is 6.92 Å². The summed E-state index contributed by atoms with van der Waals surface area (Å²) in [7, 11) is 1.82. The molecule has 0 saturated heterocycles. The Labute approximate surface area is 103 Å². The lowest BCUT2D eigenvalue weighted by Gasteiger charge is -2.13. The normalized spacial score (nSPS) is 10.7. The van der Waals surface area contributed by atoms with Crippen LogP contribution < -0.4 is 5.73 Å². The Morgan fingerprint density at radius 3 is 2.59 bits per heavy atom. The van der Waals surface area contributed by atoms with Crippen LogP contribution in [-0.2, 0) is 4.79 Å². The molecule has 0 aliphatic carbocycles. The first-order chi connectivity index (χ1) is 8.13. The highest BCUT2D eigenvalue weighted by molar-refractivity contribution is 5.91. The van der Waals surface area contributed by atoms with Gasteiger partial charge in [0.1, 0.15) is 0 Å². The number of nitrogen functional groups attached to an aromatic ring is 1. The topological polar surface area (TPSA) is 46.3 Å². The first-order valence-electron chi connectivity index (χ1n) is 5.92. The van der Waals surface area contributed by atoms with Gasteiger partial charge in [0.2, 0.25) is 5.91 Å². The summed E-state index contributed by atoms with van der Waals surface area (Å²) in [5.74, 6) is 0.0373. The minimum atomic E-state index is 0.0373. The van der Waals surface area contributed by atoms with Gasteiger partial charge in [-0.15, -0.1) is 0 Å². The van der Waals surface area contributed by atoms with Gasteiger partial charge in [0.25, 0.3) is 0 Å². The smallest absolute Gasteiger partial charge is 0.246 e. The highest BCUT2D eigenvalue weighted by atomic mass is 16.2. The molecule has 1 rings (SSSR count). The molecule has 0 aliphatic heterocycles. The van der Waals surface area contributed by atoms with E-state index < -0.39 is 0 Å². The second kappa shape index (κ2) is 6.74. The van der Waals surface area contributed by atoms with Crippen molar-refractivity contribution in [1.29, 1.82) is 0 Å². The number of carbonyl (C=O) groups is 1. The first kappa shape index (κ1) is 13.3. The number of hydrogen-bond acceptors (Lipinski definition) is 2. The van der Waals surface area contributed by atoms with Crippen molar-refractivity contribution in [3.8, 4) is 0 Å². The summed E-state index contributed by atoms with van der Waals surface area (Å²) in [6.07, 6.45) is 5.54. The van der Waals surface area contributed by atoms with E-state index in [1.54, 1.807) is 11.0 Å². The summed E-state index contributed by atoms with van der Waals surface area (Å²) >= 11 is 0. The maximum absolute atomic E-state index is 11.7. The van der Waals surface area contributed by atoms with Crippen LogP contribution in [0.5, 0.6) is 0 Å². The number of hydrogen-bond donors (Lipinski definition) is 1. The van der Waals surface area contributed by atoms with Crippen molar-refractivity contribution in [2.75, 3.05) is 19.3 Å². The van der Waals surface area contributed by atoms with E-state index in [1.807, 2.05) is 37.4 Å². The second-order valence-electron chi connectivity index (χ2n) is 4.11. The predicted molar refractivity (Wildman–Crippen MR) is 72.4 cm³/mol. The molecule has 0 atom stereocenters. The molecule has 0 saturated carbocycles. The van der Waals surface area contributed by atoms with Gasteiger partial charge in [-0.05, 0) is 30.2 Å². The van der Waals surface area contributed by atoms with Crippen LogP contribution in [0.3, 0.4) is 0 Å². The van der Waals surface area contributed by atoms with Gasteiger partial charge in [0.15, 0.2) is 0 Å². The van der Waals surface area contributed by atoms with E-state index in [0.717, 1.165) is 30.6 Å². The standard InChI is InChI=1S/C14H20N2O/c1-3-4-11-16(2)14(17)10-7-12-5-8-13(15)9-6-12/h5-10H,3-4,11,15H2,1-2H3/b10-7+. The van der Waals surface area contributed by atoms with Gasteiger partial charge in [-0.3, -0.25) is 4.79 Å². The molecule has 3 heteroatoms. The Morgan fingerprint density at radius 1 is 1.35 bits per heavy atom. The van der Waals surface area contributed by atoms with Gasteiger partial charge < -0.3 is 10.6 Å². The molecule has 0 fully saturated rings. The van der Waals surface area contributed by atoms with Crippen molar-refractivity contribution < 1.29 is 4.79 Å². The van der Waals surface area contributed by atoms with Crippen LogP contribution in [0.15, 0.2) is 30.3 Å². The molecule has 92 valence electrons. The van der Waals surface area contributed by atoms with Crippen LogP contribution in [0.25, 0.3) is 6.08 Å². The molecule has 1 aromatic carbocycles. The third kappa shape index (κ3) is 4.72. The van der Waals surface area contributed by atoms with Gasteiger partial charge in [-0.2, -0.15) is 0 Å². The number of rotatable bonds is 5. The lowest BCUT2D eigenvalue weighted by molar-refractivity contribution is -0.124. The van der Waals surface area contributed by atoms with E-state index in [-0.39, 0.29) is 5.91 Å². The predicted octanol–water partition coefficient (Wildman–Crippen LogP) is 2.54. The molecule has 3 nitrogen and oxygen atoms in total. The highest BCUT2D eigenvalue weighted by Crippen LogP contribution is 2.07. The largest absolute Gasteiger partial charge is 0.399 e. The monoisotopic (exact) mass is 232 g/mol. The van der Waals surface area contributed by atoms with Crippen molar-refractivity contribution in [3.05, 3.63) is 35.9 Å². The zero-order valence-electron chi connectivity index (χ0n) is 10.5. The number of unbranched alkanes of at least 4 members (excludes halogenated alkanes) is 1. The summed E-state index contributed by atoms with van der Waals surface area (Å²) in [5, 5.41) is 0. The summed E-state index contributed by atoms with van der Waals surface area (Å²) in [4.78, 5) is 13.4. The van der Waals surface area contributed by atoms with Crippen molar-refractivity contribution in [2.45, 2.75) is 19.8 Å². The van der Waals surface area contributed by atoms with Crippen LogP contribution in [-0.4, -0.2) is 24.4 Å². The summed E-state index contributed by atoms with van der Waals surface area (Å²) in [6, 6.07) is 7.44. The SMILES string of the molecule is CCCCN(C)C(=O)/C=C/c1ccc(N)cc1. The van der Waals surface area contributed by atoms with Crippen molar-refractivity contribution >= 4 is 17.7 Å². The third-order valence-corrected chi connectivity index (χ3v) is 2.58. The molecule has 0 bridgehead atoms. The highest BCUT2D eigenvalue weighted by Gasteiger charge is 2.02. The molecular weight excluding hydrogens is 212 g/mol. The fraction of sp³-hybridized carbons (Fsp3) is 0.357. The van der Waals surface area contributed by atoms with E-state index in [9.17, 15) is 4.79 Å². The lowest BCUT2D eigenvalue weighted by atomic mass is 10.2. The fourth-order valence-electron chi connectivity index (χ4n) is 1.41. The zero-order valence-corrected chi connectivity index (χ0v) is 10.5. The van der Waals surface area contributed by atoms with Crippen molar-refractivity contribution in [1.82, 2.24) is 4.90 Å². The Hall–Kier alpha value is -1.77. The number of nitrogens with two attached hydrogens (primary N) is 1. The van der Waals surface area contributed by atoms with Crippen LogP contribution in [0.1, 0.15) is 25.3 Å². The molecule has 1 amide bonds. The summed E-state index contributed by atoms with van der Waals surface area (Å²) < 4.78 is 0. The minimum absolute atomic E-state index is 0.0373. The van der Waals surface area contributed by atoms with Crippen LogP contribution in [0, 0.1) is 0 Å². The van der Waals surface area contributed by atoms with E-state index >= 15 is 0 Å². The number of amides is 1. The summed E-state index contributed by atoms with van der Waals surface area (Å²) in [5.41, 5.74) is 7.30. The quantitative estimate of drug-likeness (QED) is 0.626. The van der Waals surface area contributed by atoms with E-state index in [4.69, 9.17) is 5.73 Å². The molecule has 0 spiro atoms. The van der Waals surface area contributed by atoms with Gasteiger partial charge in [-0.25, -0.2) is 0 Å². The van der Waals surface area contributed by atoms with Crippen LogP contribution >= 0.6 is 0 Å². The molecule has 0 radical (unpaired) electrons. The van der Waals surface area contributed by atoms with Crippen LogP contribution in [0.2, 0.25) is 0 Å². The molecule has 2 N–H and O–H groups in total. The molecule has 0 heterocycles. The number of nitrogens with zero attached hydrogens (tertiary/aromatic N) is 1. The Kier molecular flexibility index (Phi) is 5.27. The molecule has 0 aromatic heterocycles. The number of benzene rings is 1. The maximum atomic E-state index is 11.7. The average molecular weight is 232 g/mol. The number of likely N-dealkylation sites (N-methyl/N-ethyl adjacent to an activating group) is 1. The van der Waals surface area contributed by atoms with Gasteiger partial charge in [-0.1, -0.05) is 25.5 Å². The third-order valence-electron chi connectivity index (χ3n) is 2.58. The lowest BCUT2D eigenvalue weighted by Crippen LogP contribution is -2.25. The molecule has 0 aliphatic rings. The fourth-order valence-corrected chi connectivity index (χ4v) is 1.41. The van der Waals surface area contributed by atoms with E-state index in [0.29, 0.717) is 0 Å². The number of carbonyl (C=O) groups excluding carboxylic acids is 1. The minimum Gasteiger partial charge on any atom is -0.399 e. The molecular formula is C14H20N2O. The molecule has 17 heavy (non-hydrogen) atoms. The average Bonchev–Trinajstić information content (AvgIpc) is 2.34. The maximum Gasteiger partial charge on any atom is 0.246 e. The zero-order chi connectivity index (χ0) is 12.7. The first-order valence-corrected chi connectivity index (χ1v) is 5.92. The Morgan fingerprint density at radius 2 is 2.00 bits per heavy atom. The van der Waals surface area contributed by atoms with Gasteiger partial charge in [0.05, 0.1) is 0 Å². The number of anilines is 1. The van der Waals surface area contributed by atoms with E-state index in [1.165, 1.54) is 0 Å².